The third kappa shape index (κ3) is 7.09. The molecule has 1 aliphatic heterocycles. The number of morpholine rings is 1. The van der Waals surface area contributed by atoms with E-state index in [1.807, 2.05) is 0 Å². The summed E-state index contributed by atoms with van der Waals surface area (Å²) in [5.41, 5.74) is 0.346. The highest BCUT2D eigenvalue weighted by Crippen LogP contribution is 2.47. The lowest BCUT2D eigenvalue weighted by molar-refractivity contribution is -0.131. The van der Waals surface area contributed by atoms with Crippen LogP contribution < -0.4 is 20.1 Å². The lowest BCUT2D eigenvalue weighted by atomic mass is 10.0. The van der Waals surface area contributed by atoms with Crippen molar-refractivity contribution in [3.05, 3.63) is 84.1 Å². The van der Waals surface area contributed by atoms with Gasteiger partial charge in [-0.1, -0.05) is 0 Å². The van der Waals surface area contributed by atoms with E-state index >= 15 is 4.39 Å². The predicted octanol–water partition coefficient (Wildman–Crippen LogP) is 5.26. The lowest BCUT2D eigenvalue weighted by Gasteiger charge is -2.26. The van der Waals surface area contributed by atoms with Gasteiger partial charge in [-0.3, -0.25) is 19.5 Å². The number of ether oxygens (including phenoxy) is 3. The van der Waals surface area contributed by atoms with Crippen molar-refractivity contribution in [2.24, 2.45) is 5.41 Å². The quantitative estimate of drug-likeness (QED) is 0.143. The number of hydrogen-bond acceptors (Lipinski definition) is 8. The van der Waals surface area contributed by atoms with Crippen molar-refractivity contribution in [2.45, 2.75) is 25.9 Å². The summed E-state index contributed by atoms with van der Waals surface area (Å²) in [4.78, 5) is 32.6. The smallest absolute Gasteiger partial charge is 0.240 e. The molecule has 6 rings (SSSR count). The Balaban J connectivity index is 1.10. The summed E-state index contributed by atoms with van der Waals surface area (Å²) in [6, 6.07) is 14.3. The normalized spacial score (nSPS) is 15.7. The number of aromatic nitrogens is 1. The van der Waals surface area contributed by atoms with Crippen LogP contribution in [0.3, 0.4) is 0 Å². The summed E-state index contributed by atoms with van der Waals surface area (Å²) in [6.45, 7) is 4.38. The number of nitrogens with zero attached hydrogens (tertiary/aromatic N) is 2. The molecule has 0 bridgehead atoms. The molecule has 0 spiro atoms. The molecule has 2 heterocycles. The van der Waals surface area contributed by atoms with Gasteiger partial charge in [-0.2, -0.15) is 0 Å². The third-order valence-corrected chi connectivity index (χ3v) is 8.17. The molecular weight excluding hydrogens is 598 g/mol. The Bertz CT molecular complexity index is 1730. The second-order valence-electron chi connectivity index (χ2n) is 11.3. The van der Waals surface area contributed by atoms with Crippen LogP contribution in [0, 0.1) is 17.0 Å². The zero-order valence-electron chi connectivity index (χ0n) is 25.1. The number of carbonyl (C=O) groups is 2. The van der Waals surface area contributed by atoms with Crippen molar-refractivity contribution >= 4 is 34.1 Å². The zero-order valence-corrected chi connectivity index (χ0v) is 25.1. The number of fused-ring (bicyclic) bond motifs is 1. The number of aliphatic hydroxyl groups is 1. The number of anilines is 2. The molecule has 2 amide bonds. The molecule has 10 nitrogen and oxygen atoms in total. The maximum Gasteiger partial charge on any atom is 0.240 e. The summed E-state index contributed by atoms with van der Waals surface area (Å²) in [7, 11) is 0. The van der Waals surface area contributed by atoms with E-state index < -0.39 is 28.9 Å². The number of carbonyl (C=O) groups excluding carboxylic acids is 2. The van der Waals surface area contributed by atoms with Crippen LogP contribution in [0.25, 0.3) is 10.9 Å². The Hall–Kier alpha value is -4.65. The van der Waals surface area contributed by atoms with Crippen molar-refractivity contribution in [3.63, 3.8) is 0 Å². The minimum Gasteiger partial charge on any atom is -0.493 e. The summed E-state index contributed by atoms with van der Waals surface area (Å²) < 4.78 is 45.7. The van der Waals surface area contributed by atoms with Crippen molar-refractivity contribution in [3.8, 4) is 17.2 Å². The van der Waals surface area contributed by atoms with Crippen LogP contribution in [-0.2, 0) is 20.9 Å². The van der Waals surface area contributed by atoms with Gasteiger partial charge in [0.2, 0.25) is 11.8 Å². The number of amides is 2. The van der Waals surface area contributed by atoms with Crippen LogP contribution >= 0.6 is 0 Å². The van der Waals surface area contributed by atoms with Crippen molar-refractivity contribution in [1.29, 1.82) is 0 Å². The van der Waals surface area contributed by atoms with Crippen LogP contribution in [0.5, 0.6) is 17.2 Å². The van der Waals surface area contributed by atoms with Gasteiger partial charge in [0.15, 0.2) is 11.6 Å². The molecule has 4 aromatic rings. The van der Waals surface area contributed by atoms with Crippen molar-refractivity contribution in [1.82, 2.24) is 9.88 Å². The standard InChI is InChI=1S/C34H34F2N4O6/c35-23-2-4-24(5-3-23)38-32(42)34(9-10-34)33(43)39-25-6-7-30(27(36)19-25)46-29-8-11-37-28-20-31(22(21-41)18-26(28)29)45-15-1-12-40-13-16-44-17-14-40/h2-8,11,18-20,41H,1,9-10,12-17,21H2,(H,38,42)(H,39,43). The Morgan fingerprint density at radius 2 is 1.63 bits per heavy atom. The maximum atomic E-state index is 15.2. The number of pyridine rings is 1. The second-order valence-corrected chi connectivity index (χ2v) is 11.3. The fourth-order valence-electron chi connectivity index (χ4n) is 5.33. The molecule has 240 valence electrons. The summed E-state index contributed by atoms with van der Waals surface area (Å²) in [6.07, 6.45) is 3.03. The van der Waals surface area contributed by atoms with Gasteiger partial charge in [0, 0.05) is 60.3 Å². The van der Waals surface area contributed by atoms with E-state index in [1.54, 1.807) is 18.2 Å². The Labute approximate surface area is 264 Å². The van der Waals surface area contributed by atoms with Gasteiger partial charge in [-0.15, -0.1) is 0 Å². The van der Waals surface area contributed by atoms with Gasteiger partial charge in [0.25, 0.3) is 0 Å². The average molecular weight is 633 g/mol. The molecular formula is C34H34F2N4O6. The summed E-state index contributed by atoms with van der Waals surface area (Å²) in [5, 5.41) is 15.9. The maximum absolute atomic E-state index is 15.2. The topological polar surface area (TPSA) is 122 Å². The monoisotopic (exact) mass is 632 g/mol. The van der Waals surface area contributed by atoms with Crippen LogP contribution in [0.15, 0.2) is 66.9 Å². The summed E-state index contributed by atoms with van der Waals surface area (Å²) >= 11 is 0. The molecule has 2 aliphatic rings. The highest BCUT2D eigenvalue weighted by atomic mass is 19.1. The number of hydrogen-bond donors (Lipinski definition) is 3. The van der Waals surface area contributed by atoms with E-state index in [1.165, 1.54) is 42.6 Å². The van der Waals surface area contributed by atoms with Crippen LogP contribution in [0.2, 0.25) is 0 Å². The van der Waals surface area contributed by atoms with Crippen LogP contribution in [0.4, 0.5) is 20.2 Å². The van der Waals surface area contributed by atoms with Crippen molar-refractivity contribution < 1.29 is 37.7 Å². The average Bonchev–Trinajstić information content (AvgIpc) is 3.88. The molecule has 1 saturated heterocycles. The van der Waals surface area contributed by atoms with Crippen LogP contribution in [-0.4, -0.2) is 66.3 Å². The summed E-state index contributed by atoms with van der Waals surface area (Å²) in [5.74, 6) is -1.48. The van der Waals surface area contributed by atoms with Crippen LogP contribution in [0.1, 0.15) is 24.8 Å². The largest absolute Gasteiger partial charge is 0.493 e. The number of rotatable bonds is 12. The van der Waals surface area contributed by atoms with Gasteiger partial charge in [0.05, 0.1) is 31.9 Å². The first-order chi connectivity index (χ1) is 22.3. The highest BCUT2D eigenvalue weighted by molar-refractivity contribution is 6.16. The third-order valence-electron chi connectivity index (χ3n) is 8.17. The SMILES string of the molecule is O=C(Nc1ccc(F)cc1)C1(C(=O)Nc2ccc(Oc3ccnc4cc(OCCCN5CCOCC5)c(CO)cc34)c(F)c2)CC1. The van der Waals surface area contributed by atoms with Crippen molar-refractivity contribution in [2.75, 3.05) is 50.1 Å². The Morgan fingerprint density at radius 1 is 0.913 bits per heavy atom. The fraction of sp³-hybridized carbons (Fsp3) is 0.324. The minimum atomic E-state index is -1.29. The highest BCUT2D eigenvalue weighted by Gasteiger charge is 2.56. The molecule has 3 aromatic carbocycles. The first kappa shape index (κ1) is 31.3. The first-order valence-corrected chi connectivity index (χ1v) is 15.2. The van der Waals surface area contributed by atoms with E-state index in [0.717, 1.165) is 45.3 Å². The molecule has 46 heavy (non-hydrogen) atoms. The van der Waals surface area contributed by atoms with E-state index in [0.29, 0.717) is 53.1 Å². The van der Waals surface area contributed by atoms with Gasteiger partial charge in [-0.25, -0.2) is 8.78 Å². The Kier molecular flexibility index (Phi) is 9.38. The molecule has 0 atom stereocenters. The van der Waals surface area contributed by atoms with E-state index in [2.05, 4.69) is 20.5 Å². The van der Waals surface area contributed by atoms with E-state index in [9.17, 15) is 19.1 Å². The Morgan fingerprint density at radius 3 is 2.33 bits per heavy atom. The van der Waals surface area contributed by atoms with Gasteiger partial charge in [0.1, 0.15) is 22.7 Å². The number of halogens is 2. The molecule has 0 unspecified atom stereocenters. The van der Waals surface area contributed by atoms with Gasteiger partial charge in [-0.05, 0) is 67.8 Å². The van der Waals surface area contributed by atoms with E-state index in [-0.39, 0.29) is 18.0 Å². The van der Waals surface area contributed by atoms with Gasteiger partial charge < -0.3 is 30.0 Å². The lowest BCUT2D eigenvalue weighted by Crippen LogP contribution is -2.37. The number of nitrogens with one attached hydrogen (secondary N) is 2. The second kappa shape index (κ2) is 13.8. The molecule has 0 radical (unpaired) electrons. The molecule has 1 saturated carbocycles. The molecule has 12 heteroatoms. The molecule has 2 fully saturated rings. The minimum absolute atomic E-state index is 0.0883. The first-order valence-electron chi connectivity index (χ1n) is 15.2. The number of benzene rings is 3. The molecule has 1 aliphatic carbocycles. The predicted molar refractivity (Wildman–Crippen MR) is 167 cm³/mol. The molecule has 1 aromatic heterocycles. The zero-order chi connectivity index (χ0) is 32.1. The van der Waals surface area contributed by atoms with E-state index in [4.69, 9.17) is 14.2 Å². The van der Waals surface area contributed by atoms with Gasteiger partial charge >= 0.3 is 0 Å². The fourth-order valence-corrected chi connectivity index (χ4v) is 5.33. The number of aliphatic hydroxyl groups excluding tert-OH is 1. The molecule has 3 N–H and O–H groups in total.